The molecule has 1 heterocycles. The van der Waals surface area contributed by atoms with E-state index in [-0.39, 0.29) is 34.1 Å². The van der Waals surface area contributed by atoms with E-state index in [1.54, 1.807) is 6.07 Å². The van der Waals surface area contributed by atoms with Gasteiger partial charge in [0.2, 0.25) is 0 Å². The van der Waals surface area contributed by atoms with Crippen LogP contribution in [-0.4, -0.2) is 27.5 Å². The third-order valence-electron chi connectivity index (χ3n) is 5.28. The van der Waals surface area contributed by atoms with Crippen LogP contribution >= 0.6 is 11.8 Å². The molecule has 3 aromatic rings. The second kappa shape index (κ2) is 10.8. The van der Waals surface area contributed by atoms with E-state index in [9.17, 15) is 19.7 Å². The van der Waals surface area contributed by atoms with Crippen molar-refractivity contribution in [3.8, 4) is 5.75 Å². The van der Waals surface area contributed by atoms with Gasteiger partial charge in [-0.05, 0) is 53.4 Å². The number of carbonyl (C=O) groups is 2. The molecule has 7 nitrogen and oxygen atoms in total. The average Bonchev–Trinajstić information content (AvgIpc) is 3.11. The molecule has 0 atom stereocenters. The molecule has 1 saturated heterocycles. The summed E-state index contributed by atoms with van der Waals surface area (Å²) in [6.07, 6.45) is 2.93. The topological polar surface area (TPSA) is 89.7 Å². The minimum atomic E-state index is -0.521. The fourth-order valence-corrected chi connectivity index (χ4v) is 4.42. The Balaban J connectivity index is 1.44. The van der Waals surface area contributed by atoms with E-state index in [2.05, 4.69) is 0 Å². The average molecular weight is 475 g/mol. The third-order valence-corrected chi connectivity index (χ3v) is 6.19. The maximum absolute atomic E-state index is 12.8. The molecule has 8 heteroatoms. The quantitative estimate of drug-likeness (QED) is 0.220. The van der Waals surface area contributed by atoms with Crippen molar-refractivity contribution >= 4 is 34.7 Å². The lowest BCUT2D eigenvalue weighted by Crippen LogP contribution is -2.29. The summed E-state index contributed by atoms with van der Waals surface area (Å²) < 4.78 is 5.65. The summed E-state index contributed by atoms with van der Waals surface area (Å²) in [7, 11) is 0. The molecule has 4 rings (SSSR count). The molecule has 0 spiro atoms. The van der Waals surface area contributed by atoms with Crippen LogP contribution in [0.3, 0.4) is 0 Å². The monoisotopic (exact) mass is 474 g/mol. The number of ether oxygens (including phenoxy) is 1. The zero-order valence-electron chi connectivity index (χ0n) is 18.3. The third kappa shape index (κ3) is 5.71. The van der Waals surface area contributed by atoms with E-state index >= 15 is 0 Å². The largest absolute Gasteiger partial charge is 0.482 e. The first-order valence-electron chi connectivity index (χ1n) is 10.8. The van der Waals surface area contributed by atoms with Crippen LogP contribution < -0.4 is 4.74 Å². The molecule has 1 aliphatic heterocycles. The Morgan fingerprint density at radius 3 is 2.29 bits per heavy atom. The number of nitrogens with zero attached hydrogens (tertiary/aromatic N) is 2. The maximum atomic E-state index is 12.8. The van der Waals surface area contributed by atoms with E-state index in [0.29, 0.717) is 18.5 Å². The Labute approximate surface area is 201 Å². The van der Waals surface area contributed by atoms with Crippen molar-refractivity contribution < 1.29 is 19.2 Å². The molecule has 0 unspecified atom stereocenters. The second-order valence-corrected chi connectivity index (χ2v) is 8.67. The van der Waals surface area contributed by atoms with Gasteiger partial charge in [-0.3, -0.25) is 24.6 Å². The molecular weight excluding hydrogens is 452 g/mol. The van der Waals surface area contributed by atoms with Crippen LogP contribution in [0, 0.1) is 10.1 Å². The van der Waals surface area contributed by atoms with E-state index < -0.39 is 4.92 Å². The van der Waals surface area contributed by atoms with E-state index in [0.717, 1.165) is 29.3 Å². The summed E-state index contributed by atoms with van der Waals surface area (Å²) >= 11 is 0.846. The summed E-state index contributed by atoms with van der Waals surface area (Å²) in [6.45, 7) is 0.520. The Hall–Kier alpha value is -3.91. The Bertz CT molecular complexity index is 1230. The first kappa shape index (κ1) is 23.3. The molecule has 0 saturated carbocycles. The van der Waals surface area contributed by atoms with Crippen LogP contribution in [-0.2, 0) is 17.8 Å². The molecule has 3 aromatic carbocycles. The lowest BCUT2D eigenvalue weighted by molar-refractivity contribution is -0.386. The molecule has 0 aliphatic carbocycles. The lowest BCUT2D eigenvalue weighted by atomic mass is 10.1. The highest BCUT2D eigenvalue weighted by atomic mass is 32.2. The number of carbonyl (C=O) groups excluding carboxylic acids is 2. The predicted molar refractivity (Wildman–Crippen MR) is 131 cm³/mol. The molecule has 172 valence electrons. The van der Waals surface area contributed by atoms with Crippen molar-refractivity contribution in [1.29, 1.82) is 0 Å². The number of thioether (sulfide) groups is 1. The summed E-state index contributed by atoms with van der Waals surface area (Å²) in [6, 6.07) is 23.7. The molecule has 0 radical (unpaired) electrons. The Morgan fingerprint density at radius 2 is 1.62 bits per heavy atom. The van der Waals surface area contributed by atoms with Crippen molar-refractivity contribution in [1.82, 2.24) is 4.90 Å². The highest BCUT2D eigenvalue weighted by Gasteiger charge is 2.34. The van der Waals surface area contributed by atoms with Crippen LogP contribution in [0.25, 0.3) is 6.08 Å². The lowest BCUT2D eigenvalue weighted by Gasteiger charge is -2.12. The molecule has 34 heavy (non-hydrogen) atoms. The van der Waals surface area contributed by atoms with Gasteiger partial charge in [-0.2, -0.15) is 0 Å². The zero-order chi connectivity index (χ0) is 23.9. The fourth-order valence-electron chi connectivity index (χ4n) is 3.55. The highest BCUT2D eigenvalue weighted by Crippen LogP contribution is 2.35. The van der Waals surface area contributed by atoms with Crippen LogP contribution in [0.4, 0.5) is 10.5 Å². The van der Waals surface area contributed by atoms with Crippen LogP contribution in [0.15, 0.2) is 83.8 Å². The highest BCUT2D eigenvalue weighted by molar-refractivity contribution is 8.18. The van der Waals surface area contributed by atoms with Gasteiger partial charge < -0.3 is 4.74 Å². The van der Waals surface area contributed by atoms with Crippen molar-refractivity contribution in [2.45, 2.75) is 19.4 Å². The van der Waals surface area contributed by atoms with Gasteiger partial charge in [0.05, 0.1) is 9.83 Å². The summed E-state index contributed by atoms with van der Waals surface area (Å²) in [4.78, 5) is 37.7. The number of rotatable bonds is 9. The van der Waals surface area contributed by atoms with Gasteiger partial charge in [-0.25, -0.2) is 0 Å². The number of hydrogen-bond acceptors (Lipinski definition) is 6. The number of benzene rings is 3. The van der Waals surface area contributed by atoms with Gasteiger partial charge in [-0.15, -0.1) is 0 Å². The maximum Gasteiger partial charge on any atom is 0.311 e. The molecule has 2 amide bonds. The minimum absolute atomic E-state index is 0.139. The number of imide groups is 1. The van der Waals surface area contributed by atoms with Gasteiger partial charge in [0.1, 0.15) is 6.61 Å². The van der Waals surface area contributed by atoms with Crippen molar-refractivity contribution in [2.24, 2.45) is 0 Å². The Morgan fingerprint density at radius 1 is 0.941 bits per heavy atom. The van der Waals surface area contributed by atoms with Gasteiger partial charge >= 0.3 is 5.69 Å². The van der Waals surface area contributed by atoms with Crippen molar-refractivity contribution in [2.75, 3.05) is 6.54 Å². The fraction of sp³-hybridized carbons (Fsp3) is 0.154. The number of amides is 2. The smallest absolute Gasteiger partial charge is 0.311 e. The molecule has 0 bridgehead atoms. The molecular formula is C26H22N2O5S. The molecule has 0 aromatic heterocycles. The first-order valence-corrected chi connectivity index (χ1v) is 11.6. The minimum Gasteiger partial charge on any atom is -0.482 e. The number of nitro benzene ring substituents is 1. The predicted octanol–water partition coefficient (Wildman–Crippen LogP) is 5.84. The van der Waals surface area contributed by atoms with Gasteiger partial charge in [0.25, 0.3) is 11.1 Å². The first-order chi connectivity index (χ1) is 16.5. The summed E-state index contributed by atoms with van der Waals surface area (Å²) in [5, 5.41) is 11.3. The van der Waals surface area contributed by atoms with Gasteiger partial charge in [-0.1, -0.05) is 66.7 Å². The van der Waals surface area contributed by atoms with Crippen LogP contribution in [0.1, 0.15) is 23.1 Å². The molecule has 0 N–H and O–H groups in total. The molecule has 1 fully saturated rings. The van der Waals surface area contributed by atoms with E-state index in [4.69, 9.17) is 4.74 Å². The van der Waals surface area contributed by atoms with Crippen molar-refractivity contribution in [3.63, 3.8) is 0 Å². The van der Waals surface area contributed by atoms with Crippen LogP contribution in [0.5, 0.6) is 5.75 Å². The zero-order valence-corrected chi connectivity index (χ0v) is 19.1. The van der Waals surface area contributed by atoms with E-state index in [1.807, 2.05) is 60.7 Å². The Kier molecular flexibility index (Phi) is 7.39. The van der Waals surface area contributed by atoms with Gasteiger partial charge in [0, 0.05) is 12.6 Å². The normalized spacial score (nSPS) is 14.6. The van der Waals surface area contributed by atoms with Crippen molar-refractivity contribution in [3.05, 3.63) is 111 Å². The number of nitro groups is 1. The SMILES string of the molecule is O=C1S/C(=C/c2ccc(OCc3ccccc3)c([N+](=O)[O-])c2)C(=O)N1CCCc1ccccc1. The van der Waals surface area contributed by atoms with Gasteiger partial charge in [0.15, 0.2) is 5.75 Å². The number of hydrogen-bond donors (Lipinski definition) is 0. The standard InChI is InChI=1S/C26H22N2O5S/c29-25-24(34-26(30)27(25)15-7-12-19-8-3-1-4-9-19)17-21-13-14-23(22(16-21)28(31)32)33-18-20-10-5-2-6-11-20/h1-6,8-11,13-14,16-17H,7,12,15,18H2/b24-17+. The number of aryl methyl sites for hydroxylation is 1. The summed E-state index contributed by atoms with van der Waals surface area (Å²) in [5.41, 5.74) is 2.29. The summed E-state index contributed by atoms with van der Waals surface area (Å²) in [5.74, 6) is -0.241. The van der Waals surface area contributed by atoms with E-state index in [1.165, 1.54) is 23.1 Å². The van der Waals surface area contributed by atoms with Crippen LogP contribution in [0.2, 0.25) is 0 Å². The second-order valence-electron chi connectivity index (χ2n) is 7.68. The molecule has 1 aliphatic rings.